The second-order valence-electron chi connectivity index (χ2n) is 4.65. The van der Waals surface area contributed by atoms with Crippen LogP contribution in [0.5, 0.6) is 0 Å². The van der Waals surface area contributed by atoms with Gasteiger partial charge in [0.1, 0.15) is 5.60 Å². The van der Waals surface area contributed by atoms with E-state index in [-0.39, 0.29) is 12.5 Å². The van der Waals surface area contributed by atoms with E-state index in [9.17, 15) is 5.11 Å². The number of aromatic nitrogens is 5. The zero-order chi connectivity index (χ0) is 14.0. The first-order chi connectivity index (χ1) is 9.65. The molecule has 9 nitrogen and oxygen atoms in total. The molecule has 0 amide bonds. The zero-order valence-electron chi connectivity index (χ0n) is 10.7. The molecule has 0 aromatic carbocycles. The Labute approximate surface area is 114 Å². The molecule has 0 radical (unpaired) electrons. The molecule has 0 aliphatic carbocycles. The van der Waals surface area contributed by atoms with Gasteiger partial charge in [-0.25, -0.2) is 4.68 Å². The van der Waals surface area contributed by atoms with E-state index in [1.807, 2.05) is 0 Å². The molecule has 1 atom stereocenters. The highest BCUT2D eigenvalue weighted by atomic mass is 16.5. The number of ether oxygens (including phenoxy) is 1. The van der Waals surface area contributed by atoms with Gasteiger partial charge in [-0.1, -0.05) is 0 Å². The molecule has 1 unspecified atom stereocenters. The van der Waals surface area contributed by atoms with Crippen LogP contribution in [0.2, 0.25) is 0 Å². The third-order valence-electron chi connectivity index (χ3n) is 3.01. The van der Waals surface area contributed by atoms with Crippen molar-refractivity contribution in [2.45, 2.75) is 12.0 Å². The van der Waals surface area contributed by atoms with Gasteiger partial charge in [0.25, 0.3) is 5.95 Å². The standard InChI is InChI=1S/C11H15N7O2/c12-8-15-9(13-6-11(19)2-5-20-7-11)17-10(16-8)18-4-1-3-14-18/h1,3-4,19H,2,5-7H2,(H3,12,13,15,16,17). The summed E-state index contributed by atoms with van der Waals surface area (Å²) in [4.78, 5) is 12.2. The third kappa shape index (κ3) is 2.68. The average molecular weight is 277 g/mol. The molecule has 20 heavy (non-hydrogen) atoms. The van der Waals surface area contributed by atoms with E-state index in [2.05, 4.69) is 25.4 Å². The van der Waals surface area contributed by atoms with E-state index < -0.39 is 5.60 Å². The molecule has 0 spiro atoms. The minimum absolute atomic E-state index is 0.0858. The van der Waals surface area contributed by atoms with Gasteiger partial charge >= 0.3 is 0 Å². The van der Waals surface area contributed by atoms with Gasteiger partial charge in [0, 0.05) is 32.0 Å². The van der Waals surface area contributed by atoms with Crippen LogP contribution in [-0.2, 0) is 4.74 Å². The van der Waals surface area contributed by atoms with Gasteiger partial charge in [-0.15, -0.1) is 0 Å². The molecule has 0 saturated carbocycles. The first kappa shape index (κ1) is 12.8. The van der Waals surface area contributed by atoms with Gasteiger partial charge in [-0.3, -0.25) is 0 Å². The van der Waals surface area contributed by atoms with E-state index >= 15 is 0 Å². The van der Waals surface area contributed by atoms with Crippen LogP contribution in [0.4, 0.5) is 11.9 Å². The summed E-state index contributed by atoms with van der Waals surface area (Å²) in [6.45, 7) is 1.14. The Morgan fingerprint density at radius 1 is 1.45 bits per heavy atom. The monoisotopic (exact) mass is 277 g/mol. The first-order valence-corrected chi connectivity index (χ1v) is 6.20. The van der Waals surface area contributed by atoms with Gasteiger partial charge in [-0.2, -0.15) is 20.1 Å². The predicted molar refractivity (Wildman–Crippen MR) is 70.2 cm³/mol. The number of nitrogens with zero attached hydrogens (tertiary/aromatic N) is 5. The largest absolute Gasteiger partial charge is 0.386 e. The molecule has 2 aromatic rings. The summed E-state index contributed by atoms with van der Waals surface area (Å²) in [5.74, 6) is 0.700. The number of nitrogens with one attached hydrogen (secondary N) is 1. The van der Waals surface area contributed by atoms with Crippen LogP contribution >= 0.6 is 0 Å². The first-order valence-electron chi connectivity index (χ1n) is 6.20. The van der Waals surface area contributed by atoms with Crippen molar-refractivity contribution in [3.8, 4) is 5.95 Å². The van der Waals surface area contributed by atoms with Crippen molar-refractivity contribution < 1.29 is 9.84 Å². The Bertz CT molecular complexity index is 580. The van der Waals surface area contributed by atoms with Crippen molar-refractivity contribution in [2.75, 3.05) is 30.8 Å². The summed E-state index contributed by atoms with van der Waals surface area (Å²) in [5.41, 5.74) is 4.76. The summed E-state index contributed by atoms with van der Waals surface area (Å²) in [5, 5.41) is 17.2. The minimum Gasteiger partial charge on any atom is -0.386 e. The number of hydrogen-bond donors (Lipinski definition) is 3. The lowest BCUT2D eigenvalue weighted by atomic mass is 10.0. The number of nitrogens with two attached hydrogens (primary N) is 1. The van der Waals surface area contributed by atoms with Crippen LogP contribution in [0.25, 0.3) is 5.95 Å². The fourth-order valence-electron chi connectivity index (χ4n) is 1.93. The summed E-state index contributed by atoms with van der Waals surface area (Å²) >= 11 is 0. The molecular formula is C11H15N7O2. The van der Waals surface area contributed by atoms with Crippen molar-refractivity contribution >= 4 is 11.9 Å². The minimum atomic E-state index is -0.896. The second-order valence-corrected chi connectivity index (χ2v) is 4.65. The van der Waals surface area contributed by atoms with E-state index in [1.165, 1.54) is 4.68 Å². The molecule has 1 saturated heterocycles. The molecule has 1 fully saturated rings. The predicted octanol–water partition coefficient (Wildman–Crippen LogP) is -0.797. The van der Waals surface area contributed by atoms with Crippen molar-refractivity contribution in [3.05, 3.63) is 18.5 Å². The molecular weight excluding hydrogens is 262 g/mol. The number of aliphatic hydroxyl groups is 1. The molecule has 106 valence electrons. The Hall–Kier alpha value is -2.26. The number of anilines is 2. The number of rotatable bonds is 4. The van der Waals surface area contributed by atoms with E-state index in [4.69, 9.17) is 10.5 Å². The summed E-state index contributed by atoms with van der Waals surface area (Å²) in [6, 6.07) is 1.76. The normalized spacial score (nSPS) is 22.1. The second kappa shape index (κ2) is 5.02. The maximum Gasteiger partial charge on any atom is 0.257 e. The highest BCUT2D eigenvalue weighted by Crippen LogP contribution is 2.18. The lowest BCUT2D eigenvalue weighted by Gasteiger charge is -2.20. The molecule has 2 aromatic heterocycles. The quantitative estimate of drug-likeness (QED) is 0.663. The van der Waals surface area contributed by atoms with E-state index in [0.717, 1.165) is 0 Å². The van der Waals surface area contributed by atoms with Gasteiger partial charge in [0.15, 0.2) is 0 Å². The Balaban J connectivity index is 1.76. The van der Waals surface area contributed by atoms with E-state index in [1.54, 1.807) is 18.5 Å². The van der Waals surface area contributed by atoms with Crippen molar-refractivity contribution in [1.82, 2.24) is 24.7 Å². The molecule has 1 aliphatic rings. The topological polar surface area (TPSA) is 124 Å². The SMILES string of the molecule is Nc1nc(NCC2(O)CCOC2)nc(-n2cccn2)n1. The molecule has 9 heteroatoms. The van der Waals surface area contributed by atoms with Crippen LogP contribution in [-0.4, -0.2) is 55.2 Å². The van der Waals surface area contributed by atoms with E-state index in [0.29, 0.717) is 31.5 Å². The maximum absolute atomic E-state index is 10.2. The Kier molecular flexibility index (Phi) is 3.20. The summed E-state index contributed by atoms with van der Waals surface area (Å²) in [7, 11) is 0. The highest BCUT2D eigenvalue weighted by Gasteiger charge is 2.32. The van der Waals surface area contributed by atoms with Gasteiger partial charge in [0.2, 0.25) is 11.9 Å². The molecule has 1 aliphatic heterocycles. The molecule has 0 bridgehead atoms. The molecule has 3 heterocycles. The lowest BCUT2D eigenvalue weighted by Crippen LogP contribution is -2.37. The van der Waals surface area contributed by atoms with Crippen LogP contribution in [0.15, 0.2) is 18.5 Å². The smallest absolute Gasteiger partial charge is 0.257 e. The number of nitrogen functional groups attached to an aromatic ring is 1. The van der Waals surface area contributed by atoms with Crippen LogP contribution in [0, 0.1) is 0 Å². The summed E-state index contributed by atoms with van der Waals surface area (Å²) in [6.07, 6.45) is 3.90. The Morgan fingerprint density at radius 3 is 3.05 bits per heavy atom. The molecule has 4 N–H and O–H groups in total. The zero-order valence-corrected chi connectivity index (χ0v) is 10.7. The van der Waals surface area contributed by atoms with Gasteiger partial charge in [0.05, 0.1) is 6.61 Å². The lowest BCUT2D eigenvalue weighted by molar-refractivity contribution is 0.0380. The van der Waals surface area contributed by atoms with Gasteiger partial charge < -0.3 is 20.9 Å². The van der Waals surface area contributed by atoms with Crippen molar-refractivity contribution in [2.24, 2.45) is 0 Å². The number of hydrogen-bond acceptors (Lipinski definition) is 8. The van der Waals surface area contributed by atoms with Gasteiger partial charge in [-0.05, 0) is 6.07 Å². The van der Waals surface area contributed by atoms with Crippen LogP contribution in [0.3, 0.4) is 0 Å². The van der Waals surface area contributed by atoms with Crippen LogP contribution in [0.1, 0.15) is 6.42 Å². The van der Waals surface area contributed by atoms with Crippen molar-refractivity contribution in [1.29, 1.82) is 0 Å². The van der Waals surface area contributed by atoms with Crippen LogP contribution < -0.4 is 11.1 Å². The Morgan fingerprint density at radius 2 is 2.35 bits per heavy atom. The summed E-state index contributed by atoms with van der Waals surface area (Å²) < 4.78 is 6.66. The molecule has 3 rings (SSSR count). The highest BCUT2D eigenvalue weighted by molar-refractivity contribution is 5.35. The fraction of sp³-hybridized carbons (Fsp3) is 0.455. The van der Waals surface area contributed by atoms with Crippen molar-refractivity contribution in [3.63, 3.8) is 0 Å². The maximum atomic E-state index is 10.2. The third-order valence-corrected chi connectivity index (χ3v) is 3.01. The average Bonchev–Trinajstić information content (AvgIpc) is 3.08. The fourth-order valence-corrected chi connectivity index (χ4v) is 1.93.